The zero-order valence-corrected chi connectivity index (χ0v) is 11.1. The average Bonchev–Trinajstić information content (AvgIpc) is 2.29. The Morgan fingerprint density at radius 2 is 2.12 bits per heavy atom. The zero-order valence-electron chi connectivity index (χ0n) is 11.1. The molecule has 0 aliphatic carbocycles. The highest BCUT2D eigenvalue weighted by Crippen LogP contribution is 2.14. The lowest BCUT2D eigenvalue weighted by atomic mass is 10.2. The monoisotopic (exact) mass is 237 g/mol. The summed E-state index contributed by atoms with van der Waals surface area (Å²) in [6, 6.07) is 3.93. The van der Waals surface area contributed by atoms with Crippen LogP contribution in [0.1, 0.15) is 24.7 Å². The minimum atomic E-state index is 0.683. The Bertz CT molecular complexity index is 335. The van der Waals surface area contributed by atoms with E-state index >= 15 is 0 Å². The number of aromatic nitrogens is 1. The van der Waals surface area contributed by atoms with Crippen LogP contribution in [0, 0.1) is 6.92 Å². The van der Waals surface area contributed by atoms with Gasteiger partial charge in [-0.3, -0.25) is 9.88 Å². The fourth-order valence-electron chi connectivity index (χ4n) is 1.90. The van der Waals surface area contributed by atoms with Gasteiger partial charge in [-0.25, -0.2) is 0 Å². The minimum absolute atomic E-state index is 0.683. The topological polar surface area (TPSA) is 51.4 Å². The number of nitrogens with two attached hydrogens (primary N) is 1. The second-order valence-electron chi connectivity index (χ2n) is 4.20. The Labute approximate surface area is 104 Å². The van der Waals surface area contributed by atoms with Crippen molar-refractivity contribution in [3.8, 4) is 5.75 Å². The summed E-state index contributed by atoms with van der Waals surface area (Å²) < 4.78 is 5.25. The predicted molar refractivity (Wildman–Crippen MR) is 70.1 cm³/mol. The summed E-state index contributed by atoms with van der Waals surface area (Å²) in [4.78, 5) is 6.84. The first-order valence-electron chi connectivity index (χ1n) is 6.13. The van der Waals surface area contributed by atoms with Crippen LogP contribution in [0.2, 0.25) is 0 Å². The van der Waals surface area contributed by atoms with Crippen molar-refractivity contribution in [1.29, 1.82) is 0 Å². The van der Waals surface area contributed by atoms with Gasteiger partial charge in [-0.15, -0.1) is 0 Å². The van der Waals surface area contributed by atoms with Crippen molar-refractivity contribution in [3.63, 3.8) is 0 Å². The molecular weight excluding hydrogens is 214 g/mol. The van der Waals surface area contributed by atoms with Gasteiger partial charge >= 0.3 is 0 Å². The molecule has 4 nitrogen and oxygen atoms in total. The molecule has 17 heavy (non-hydrogen) atoms. The number of hydrogen-bond donors (Lipinski definition) is 1. The zero-order chi connectivity index (χ0) is 12.7. The van der Waals surface area contributed by atoms with E-state index in [-0.39, 0.29) is 0 Å². The van der Waals surface area contributed by atoms with E-state index < -0.39 is 0 Å². The van der Waals surface area contributed by atoms with Crippen molar-refractivity contribution < 1.29 is 4.74 Å². The van der Waals surface area contributed by atoms with Crippen LogP contribution in [0.15, 0.2) is 12.1 Å². The Morgan fingerprint density at radius 1 is 1.35 bits per heavy atom. The van der Waals surface area contributed by atoms with Crippen molar-refractivity contribution in [1.82, 2.24) is 9.88 Å². The van der Waals surface area contributed by atoms with Crippen LogP contribution in [0.25, 0.3) is 0 Å². The van der Waals surface area contributed by atoms with Crippen LogP contribution in [-0.2, 0) is 6.54 Å². The number of hydrogen-bond acceptors (Lipinski definition) is 4. The van der Waals surface area contributed by atoms with Gasteiger partial charge in [-0.05, 0) is 19.9 Å². The van der Waals surface area contributed by atoms with Crippen LogP contribution in [0.5, 0.6) is 5.75 Å². The van der Waals surface area contributed by atoms with E-state index in [1.54, 1.807) is 7.11 Å². The fourth-order valence-corrected chi connectivity index (χ4v) is 1.90. The molecule has 1 heterocycles. The van der Waals surface area contributed by atoms with E-state index in [1.165, 1.54) is 0 Å². The van der Waals surface area contributed by atoms with Gasteiger partial charge in [0, 0.05) is 37.5 Å². The van der Waals surface area contributed by atoms with Gasteiger partial charge in [0.15, 0.2) is 0 Å². The van der Waals surface area contributed by atoms with Crippen molar-refractivity contribution in [2.45, 2.75) is 26.8 Å². The molecule has 0 saturated heterocycles. The van der Waals surface area contributed by atoms with Crippen LogP contribution in [0.4, 0.5) is 0 Å². The highest BCUT2D eigenvalue weighted by atomic mass is 16.5. The second kappa shape index (κ2) is 7.25. The van der Waals surface area contributed by atoms with Gasteiger partial charge in [-0.2, -0.15) is 0 Å². The maximum absolute atomic E-state index is 5.61. The number of ether oxygens (including phenoxy) is 1. The molecule has 0 unspecified atom stereocenters. The number of pyridine rings is 1. The molecule has 2 N–H and O–H groups in total. The number of nitrogens with zero attached hydrogens (tertiary/aromatic N) is 2. The molecule has 1 aromatic rings. The van der Waals surface area contributed by atoms with Crippen LogP contribution >= 0.6 is 0 Å². The van der Waals surface area contributed by atoms with E-state index in [9.17, 15) is 0 Å². The molecule has 1 aromatic heterocycles. The third kappa shape index (κ3) is 4.71. The molecule has 0 aromatic carbocycles. The average molecular weight is 237 g/mol. The highest BCUT2D eigenvalue weighted by Gasteiger charge is 2.07. The van der Waals surface area contributed by atoms with Gasteiger partial charge in [0.2, 0.25) is 0 Å². The lowest BCUT2D eigenvalue weighted by Crippen LogP contribution is -2.30. The van der Waals surface area contributed by atoms with E-state index in [4.69, 9.17) is 10.5 Å². The molecule has 0 spiro atoms. The third-order valence-corrected chi connectivity index (χ3v) is 2.59. The lowest BCUT2D eigenvalue weighted by Gasteiger charge is -2.20. The minimum Gasteiger partial charge on any atom is -0.497 e. The maximum Gasteiger partial charge on any atom is 0.122 e. The molecule has 96 valence electrons. The summed E-state index contributed by atoms with van der Waals surface area (Å²) in [5.74, 6) is 0.872. The molecule has 0 amide bonds. The molecule has 0 fully saturated rings. The van der Waals surface area contributed by atoms with E-state index in [0.29, 0.717) is 6.54 Å². The number of aryl methyl sites for hydroxylation is 1. The molecule has 0 bridgehead atoms. The Hall–Kier alpha value is -1.13. The van der Waals surface area contributed by atoms with E-state index in [2.05, 4.69) is 16.8 Å². The first-order valence-corrected chi connectivity index (χ1v) is 6.13. The highest BCUT2D eigenvalue weighted by molar-refractivity contribution is 5.26. The number of rotatable bonds is 7. The third-order valence-electron chi connectivity index (χ3n) is 2.59. The van der Waals surface area contributed by atoms with Gasteiger partial charge in [-0.1, -0.05) is 6.92 Å². The first kappa shape index (κ1) is 13.9. The van der Waals surface area contributed by atoms with Crippen molar-refractivity contribution in [2.75, 3.05) is 26.7 Å². The van der Waals surface area contributed by atoms with Gasteiger partial charge in [0.1, 0.15) is 5.75 Å². The fraction of sp³-hybridized carbons (Fsp3) is 0.615. The van der Waals surface area contributed by atoms with Gasteiger partial charge < -0.3 is 10.5 Å². The molecule has 4 heteroatoms. The molecule has 0 aliphatic heterocycles. The van der Waals surface area contributed by atoms with Crippen LogP contribution in [-0.4, -0.2) is 36.6 Å². The predicted octanol–water partition coefficient (Wildman–Crippen LogP) is 1.57. The summed E-state index contributed by atoms with van der Waals surface area (Å²) in [5, 5.41) is 0. The molecule has 0 atom stereocenters. The van der Waals surface area contributed by atoms with Crippen LogP contribution < -0.4 is 10.5 Å². The quantitative estimate of drug-likeness (QED) is 0.782. The summed E-state index contributed by atoms with van der Waals surface area (Å²) >= 11 is 0. The van der Waals surface area contributed by atoms with Crippen LogP contribution in [0.3, 0.4) is 0 Å². The van der Waals surface area contributed by atoms with Crippen molar-refractivity contribution in [3.05, 3.63) is 23.5 Å². The standard InChI is InChI=1S/C13H23N3O/c1-4-6-16(7-5-14)10-12-9-13(17-3)8-11(2)15-12/h8-9H,4-7,10,14H2,1-3H3. The molecular formula is C13H23N3O. The molecule has 1 rings (SSSR count). The second-order valence-corrected chi connectivity index (χ2v) is 4.20. The van der Waals surface area contributed by atoms with Crippen molar-refractivity contribution in [2.24, 2.45) is 5.73 Å². The SMILES string of the molecule is CCCN(CCN)Cc1cc(OC)cc(C)n1. The normalized spacial score (nSPS) is 10.9. The summed E-state index contributed by atoms with van der Waals surface area (Å²) in [5.41, 5.74) is 7.65. The molecule has 0 saturated carbocycles. The van der Waals surface area contributed by atoms with Gasteiger partial charge in [0.25, 0.3) is 0 Å². The molecule has 0 radical (unpaired) electrons. The van der Waals surface area contributed by atoms with Crippen molar-refractivity contribution >= 4 is 0 Å². The first-order chi connectivity index (χ1) is 8.19. The Morgan fingerprint density at radius 3 is 2.71 bits per heavy atom. The summed E-state index contributed by atoms with van der Waals surface area (Å²) in [6.45, 7) is 7.64. The molecule has 0 aliphatic rings. The Kier molecular flexibility index (Phi) is 5.94. The summed E-state index contributed by atoms with van der Waals surface area (Å²) in [7, 11) is 1.68. The number of methoxy groups -OCH3 is 1. The summed E-state index contributed by atoms with van der Waals surface area (Å²) in [6.07, 6.45) is 1.13. The van der Waals surface area contributed by atoms with E-state index in [1.807, 2.05) is 19.1 Å². The lowest BCUT2D eigenvalue weighted by molar-refractivity contribution is 0.269. The maximum atomic E-state index is 5.61. The van der Waals surface area contributed by atoms with E-state index in [0.717, 1.165) is 43.2 Å². The Balaban J connectivity index is 2.73. The smallest absolute Gasteiger partial charge is 0.122 e. The van der Waals surface area contributed by atoms with Gasteiger partial charge in [0.05, 0.1) is 12.8 Å². The largest absolute Gasteiger partial charge is 0.497 e.